The Kier molecular flexibility index (Phi) is 7.66. The predicted octanol–water partition coefficient (Wildman–Crippen LogP) is 3.59. The molecule has 0 aliphatic heterocycles. The van der Waals surface area contributed by atoms with Crippen molar-refractivity contribution >= 4 is 22.2 Å². The van der Waals surface area contributed by atoms with Crippen molar-refractivity contribution in [3.8, 4) is 17.6 Å². The highest BCUT2D eigenvalue weighted by Gasteiger charge is 2.29. The molecular formula is C20H16F3NO6S. The first-order chi connectivity index (χ1) is 14.5. The molecule has 0 heterocycles. The molecule has 164 valence electrons. The Bertz CT molecular complexity index is 1120. The Hall–Kier alpha value is -3.52. The van der Waals surface area contributed by atoms with Crippen LogP contribution in [0, 0.1) is 11.3 Å². The van der Waals surface area contributed by atoms with Crippen LogP contribution in [0.5, 0.6) is 11.5 Å². The zero-order valence-corrected chi connectivity index (χ0v) is 16.9. The Morgan fingerprint density at radius 3 is 2.58 bits per heavy atom. The second-order valence-corrected chi connectivity index (χ2v) is 7.63. The molecule has 0 aliphatic rings. The van der Waals surface area contributed by atoms with Crippen molar-refractivity contribution in [1.29, 1.82) is 5.26 Å². The zero-order valence-electron chi connectivity index (χ0n) is 16.0. The predicted molar refractivity (Wildman–Crippen MR) is 103 cm³/mol. The van der Waals surface area contributed by atoms with Crippen molar-refractivity contribution in [3.05, 3.63) is 65.2 Å². The maximum atomic E-state index is 12.4. The van der Waals surface area contributed by atoms with Crippen LogP contribution in [0.15, 0.2) is 48.5 Å². The number of nitrogens with zero attached hydrogens (tertiary/aromatic N) is 1. The van der Waals surface area contributed by atoms with E-state index in [2.05, 4.69) is 4.74 Å². The van der Waals surface area contributed by atoms with Gasteiger partial charge in [0.15, 0.2) is 12.4 Å². The fraction of sp³-hybridized carbons (Fsp3) is 0.200. The fourth-order valence-electron chi connectivity index (χ4n) is 2.31. The molecule has 0 atom stereocenters. The van der Waals surface area contributed by atoms with E-state index in [1.165, 1.54) is 55.7 Å². The lowest BCUT2D eigenvalue weighted by molar-refractivity contribution is -0.182. The second kappa shape index (κ2) is 9.99. The van der Waals surface area contributed by atoms with Gasteiger partial charge in [0, 0.05) is 12.1 Å². The van der Waals surface area contributed by atoms with E-state index < -0.39 is 34.6 Å². The van der Waals surface area contributed by atoms with Crippen LogP contribution in [0.3, 0.4) is 0 Å². The van der Waals surface area contributed by atoms with E-state index in [-0.39, 0.29) is 16.9 Å². The van der Waals surface area contributed by atoms with Crippen molar-refractivity contribution in [2.75, 3.05) is 13.7 Å². The summed E-state index contributed by atoms with van der Waals surface area (Å²) >= 11 is 0. The monoisotopic (exact) mass is 455 g/mol. The SMILES string of the molecule is COc1ccc(C#N)c(OS(=O)(=O)Cc2cccc(/C=C/C(=O)OCC(F)(F)F)c2)c1. The van der Waals surface area contributed by atoms with E-state index in [0.717, 1.165) is 6.08 Å². The number of carbonyl (C=O) groups is 1. The molecule has 0 aromatic heterocycles. The van der Waals surface area contributed by atoms with E-state index in [9.17, 15) is 26.4 Å². The molecule has 2 rings (SSSR count). The summed E-state index contributed by atoms with van der Waals surface area (Å²) < 4.78 is 75.0. The summed E-state index contributed by atoms with van der Waals surface area (Å²) in [5.41, 5.74) is 0.640. The van der Waals surface area contributed by atoms with Crippen LogP contribution in [0.25, 0.3) is 6.08 Å². The first-order valence-electron chi connectivity index (χ1n) is 8.52. The molecule has 0 saturated carbocycles. The van der Waals surface area contributed by atoms with Gasteiger partial charge in [0.1, 0.15) is 17.6 Å². The van der Waals surface area contributed by atoms with Gasteiger partial charge in [0.2, 0.25) is 0 Å². The Morgan fingerprint density at radius 2 is 1.94 bits per heavy atom. The van der Waals surface area contributed by atoms with Gasteiger partial charge in [-0.1, -0.05) is 24.3 Å². The van der Waals surface area contributed by atoms with Crippen LogP contribution in [-0.2, 0) is 25.4 Å². The maximum absolute atomic E-state index is 12.4. The molecule has 31 heavy (non-hydrogen) atoms. The lowest BCUT2D eigenvalue weighted by atomic mass is 10.1. The number of carbonyl (C=O) groups excluding carboxylic acids is 1. The lowest BCUT2D eigenvalue weighted by Crippen LogP contribution is -2.19. The highest BCUT2D eigenvalue weighted by atomic mass is 32.2. The summed E-state index contributed by atoms with van der Waals surface area (Å²) in [5, 5.41) is 9.12. The third-order valence-corrected chi connectivity index (χ3v) is 4.73. The largest absolute Gasteiger partial charge is 0.497 e. The summed E-state index contributed by atoms with van der Waals surface area (Å²) in [6.45, 7) is -1.71. The summed E-state index contributed by atoms with van der Waals surface area (Å²) in [6.07, 6.45) is -2.65. The average Bonchev–Trinajstić information content (AvgIpc) is 2.69. The quantitative estimate of drug-likeness (QED) is 0.340. The van der Waals surface area contributed by atoms with E-state index in [4.69, 9.17) is 14.2 Å². The van der Waals surface area contributed by atoms with Crippen LogP contribution < -0.4 is 8.92 Å². The maximum Gasteiger partial charge on any atom is 0.422 e. The highest BCUT2D eigenvalue weighted by molar-refractivity contribution is 7.86. The van der Waals surface area contributed by atoms with Crippen LogP contribution in [0.2, 0.25) is 0 Å². The van der Waals surface area contributed by atoms with Gasteiger partial charge < -0.3 is 13.7 Å². The molecule has 11 heteroatoms. The molecule has 0 radical (unpaired) electrons. The minimum atomic E-state index is -4.63. The highest BCUT2D eigenvalue weighted by Crippen LogP contribution is 2.26. The third kappa shape index (κ3) is 8.02. The lowest BCUT2D eigenvalue weighted by Gasteiger charge is -2.10. The summed E-state index contributed by atoms with van der Waals surface area (Å²) in [5.74, 6) is -1.64. The molecular weight excluding hydrogens is 439 g/mol. The van der Waals surface area contributed by atoms with Crippen molar-refractivity contribution in [2.24, 2.45) is 0 Å². The van der Waals surface area contributed by atoms with Gasteiger partial charge >= 0.3 is 22.3 Å². The van der Waals surface area contributed by atoms with Crippen LogP contribution >= 0.6 is 0 Å². The molecule has 2 aromatic rings. The summed E-state index contributed by atoms with van der Waals surface area (Å²) in [4.78, 5) is 11.3. The number of benzene rings is 2. The molecule has 0 fully saturated rings. The minimum absolute atomic E-state index is 0.00146. The van der Waals surface area contributed by atoms with Crippen molar-refractivity contribution in [3.63, 3.8) is 0 Å². The van der Waals surface area contributed by atoms with Crippen molar-refractivity contribution in [2.45, 2.75) is 11.9 Å². The van der Waals surface area contributed by atoms with Gasteiger partial charge in [0.25, 0.3) is 0 Å². The number of nitriles is 1. The first kappa shape index (κ1) is 23.8. The first-order valence-corrected chi connectivity index (χ1v) is 10.1. The molecule has 0 saturated heterocycles. The van der Waals surface area contributed by atoms with Gasteiger partial charge in [-0.05, 0) is 29.3 Å². The average molecular weight is 455 g/mol. The van der Waals surface area contributed by atoms with E-state index >= 15 is 0 Å². The minimum Gasteiger partial charge on any atom is -0.497 e. The number of alkyl halides is 3. The third-order valence-electron chi connectivity index (χ3n) is 3.61. The number of hydrogen-bond acceptors (Lipinski definition) is 7. The zero-order chi connectivity index (χ0) is 23.1. The van der Waals surface area contributed by atoms with E-state index in [0.29, 0.717) is 11.3 Å². The number of rotatable bonds is 8. The molecule has 2 aromatic carbocycles. The van der Waals surface area contributed by atoms with Gasteiger partial charge in [-0.3, -0.25) is 0 Å². The van der Waals surface area contributed by atoms with Crippen molar-refractivity contribution < 1.29 is 40.0 Å². The number of ether oxygens (including phenoxy) is 2. The molecule has 0 N–H and O–H groups in total. The molecule has 0 amide bonds. The van der Waals surface area contributed by atoms with E-state index in [1.54, 1.807) is 0 Å². The molecule has 0 aliphatic carbocycles. The normalized spacial score (nSPS) is 11.7. The standard InChI is InChI=1S/C20H16F3NO6S/c1-28-17-7-6-16(11-24)18(10-17)30-31(26,27)12-15-4-2-3-14(9-15)5-8-19(25)29-13-20(21,22)23/h2-10H,12-13H2,1H3/b8-5+. The van der Waals surface area contributed by atoms with Gasteiger partial charge in [0.05, 0.1) is 12.7 Å². The Morgan fingerprint density at radius 1 is 1.19 bits per heavy atom. The van der Waals surface area contributed by atoms with E-state index in [1.807, 2.05) is 6.07 Å². The van der Waals surface area contributed by atoms with Crippen molar-refractivity contribution in [1.82, 2.24) is 0 Å². The topological polar surface area (TPSA) is 103 Å². The van der Waals surface area contributed by atoms with Crippen LogP contribution in [0.1, 0.15) is 16.7 Å². The second-order valence-electron chi connectivity index (χ2n) is 6.06. The molecule has 0 unspecified atom stereocenters. The molecule has 0 bridgehead atoms. The van der Waals surface area contributed by atoms with Crippen LogP contribution in [-0.4, -0.2) is 34.3 Å². The Balaban J connectivity index is 2.11. The summed E-state index contributed by atoms with van der Waals surface area (Å²) in [6, 6.07) is 11.8. The van der Waals surface area contributed by atoms with Gasteiger partial charge in [-0.25, -0.2) is 4.79 Å². The molecule has 0 spiro atoms. The number of methoxy groups -OCH3 is 1. The molecule has 7 nitrogen and oxygen atoms in total. The number of hydrogen-bond donors (Lipinski definition) is 0. The van der Waals surface area contributed by atoms with Crippen LogP contribution in [0.4, 0.5) is 13.2 Å². The van der Waals surface area contributed by atoms with Gasteiger partial charge in [-0.15, -0.1) is 0 Å². The number of halogens is 3. The Labute approximate surface area is 176 Å². The fourth-order valence-corrected chi connectivity index (χ4v) is 3.37. The smallest absolute Gasteiger partial charge is 0.422 e. The summed E-state index contributed by atoms with van der Waals surface area (Å²) in [7, 11) is -2.79. The van der Waals surface area contributed by atoms with Gasteiger partial charge in [-0.2, -0.15) is 26.9 Å². The number of esters is 1.